The lowest BCUT2D eigenvalue weighted by Crippen LogP contribution is -2.59. The molecule has 2 aliphatic rings. The molecule has 2 aromatic carbocycles. The molecule has 30 heavy (non-hydrogen) atoms. The molecule has 4 rings (SSSR count). The predicted molar refractivity (Wildman–Crippen MR) is 117 cm³/mol. The highest BCUT2D eigenvalue weighted by molar-refractivity contribution is 6.00. The summed E-state index contributed by atoms with van der Waals surface area (Å²) >= 11 is 0. The third-order valence-electron chi connectivity index (χ3n) is 6.69. The van der Waals surface area contributed by atoms with E-state index in [4.69, 9.17) is 4.74 Å². The number of esters is 1. The molecular weight excluding hydrogens is 376 g/mol. The van der Waals surface area contributed by atoms with Crippen LogP contribution in [0.25, 0.3) is 0 Å². The second kappa shape index (κ2) is 8.60. The maximum absolute atomic E-state index is 13.5. The average molecular weight is 408 g/mol. The molecule has 1 unspecified atom stereocenters. The second-order valence-electron chi connectivity index (χ2n) is 8.71. The van der Waals surface area contributed by atoms with Crippen LogP contribution in [0.5, 0.6) is 0 Å². The van der Waals surface area contributed by atoms with Crippen molar-refractivity contribution >= 4 is 17.6 Å². The lowest BCUT2D eigenvalue weighted by molar-refractivity contribution is -0.924. The number of hydrogen-bond donors (Lipinski definition) is 0. The molecule has 0 spiro atoms. The number of aryl methyl sites for hydroxylation is 2. The molecule has 0 N–H and O–H groups in total. The zero-order valence-electron chi connectivity index (χ0n) is 18.0. The Morgan fingerprint density at radius 3 is 2.37 bits per heavy atom. The van der Waals surface area contributed by atoms with Crippen molar-refractivity contribution in [2.45, 2.75) is 45.8 Å². The van der Waals surface area contributed by atoms with Gasteiger partial charge in [0, 0.05) is 31.5 Å². The molecule has 0 bridgehead atoms. The molecule has 2 fully saturated rings. The first-order chi connectivity index (χ1) is 14.5. The summed E-state index contributed by atoms with van der Waals surface area (Å²) < 4.78 is 6.13. The Balaban J connectivity index is 1.48. The summed E-state index contributed by atoms with van der Waals surface area (Å²) in [7, 11) is 0. The third kappa shape index (κ3) is 3.99. The number of carbonyl (C=O) groups excluding carboxylic acids is 2. The van der Waals surface area contributed by atoms with Gasteiger partial charge in [0.15, 0.2) is 12.6 Å². The summed E-state index contributed by atoms with van der Waals surface area (Å²) in [5.41, 5.74) is 4.27. The fourth-order valence-corrected chi connectivity index (χ4v) is 5.21. The maximum atomic E-state index is 13.5. The molecule has 1 amide bonds. The van der Waals surface area contributed by atoms with E-state index in [2.05, 4.69) is 26.0 Å². The minimum absolute atomic E-state index is 0.157. The van der Waals surface area contributed by atoms with E-state index in [1.165, 1.54) is 0 Å². The van der Waals surface area contributed by atoms with Crippen molar-refractivity contribution in [3.8, 4) is 0 Å². The SMILES string of the molecule is Cc1cccc(C)c1N1CCC([N+]2(CC(=O)OCc3ccccc3)CCCC2)C1=O. The van der Waals surface area contributed by atoms with Crippen LogP contribution in [0.4, 0.5) is 5.69 Å². The Morgan fingerprint density at radius 1 is 1.03 bits per heavy atom. The lowest BCUT2D eigenvalue weighted by Gasteiger charge is -2.37. The third-order valence-corrected chi connectivity index (χ3v) is 6.69. The van der Waals surface area contributed by atoms with Gasteiger partial charge in [-0.05, 0) is 30.5 Å². The van der Waals surface area contributed by atoms with Crippen molar-refractivity contribution in [2.24, 2.45) is 0 Å². The van der Waals surface area contributed by atoms with Crippen LogP contribution in [0.15, 0.2) is 48.5 Å². The number of likely N-dealkylation sites (tertiary alicyclic amines) is 1. The molecule has 0 radical (unpaired) electrons. The number of hydrogen-bond acceptors (Lipinski definition) is 3. The minimum atomic E-state index is -0.209. The molecule has 1 atom stereocenters. The van der Waals surface area contributed by atoms with Crippen LogP contribution >= 0.6 is 0 Å². The number of amides is 1. The molecule has 0 aromatic heterocycles. The number of quaternary nitrogens is 1. The van der Waals surface area contributed by atoms with Crippen LogP contribution in [-0.2, 0) is 20.9 Å². The highest BCUT2D eigenvalue weighted by Gasteiger charge is 2.50. The Labute approximate surface area is 178 Å². The summed E-state index contributed by atoms with van der Waals surface area (Å²) in [6.07, 6.45) is 2.90. The van der Waals surface area contributed by atoms with Crippen molar-refractivity contribution in [3.05, 3.63) is 65.2 Å². The first kappa shape index (κ1) is 20.6. The van der Waals surface area contributed by atoms with Crippen LogP contribution in [0.3, 0.4) is 0 Å². The van der Waals surface area contributed by atoms with E-state index >= 15 is 0 Å². The fourth-order valence-electron chi connectivity index (χ4n) is 5.21. The van der Waals surface area contributed by atoms with Gasteiger partial charge in [0.05, 0.1) is 13.1 Å². The first-order valence-electron chi connectivity index (χ1n) is 10.9. The zero-order chi connectivity index (χ0) is 21.1. The number of anilines is 1. The van der Waals surface area contributed by atoms with Gasteiger partial charge in [0.2, 0.25) is 0 Å². The van der Waals surface area contributed by atoms with Gasteiger partial charge >= 0.3 is 5.97 Å². The Kier molecular flexibility index (Phi) is 5.91. The normalized spacial score (nSPS) is 20.5. The molecule has 0 aliphatic carbocycles. The molecule has 2 aromatic rings. The van der Waals surface area contributed by atoms with E-state index in [-0.39, 0.29) is 31.1 Å². The van der Waals surface area contributed by atoms with Crippen LogP contribution < -0.4 is 4.90 Å². The van der Waals surface area contributed by atoms with Gasteiger partial charge in [0.25, 0.3) is 5.91 Å². The number of rotatable bonds is 6. The van der Waals surface area contributed by atoms with Gasteiger partial charge in [-0.15, -0.1) is 0 Å². The summed E-state index contributed by atoms with van der Waals surface area (Å²) in [4.78, 5) is 28.2. The number of carbonyl (C=O) groups is 2. The second-order valence-corrected chi connectivity index (χ2v) is 8.71. The highest BCUT2D eigenvalue weighted by atomic mass is 16.5. The first-order valence-corrected chi connectivity index (χ1v) is 10.9. The Bertz CT molecular complexity index is 899. The Morgan fingerprint density at radius 2 is 1.70 bits per heavy atom. The van der Waals surface area contributed by atoms with Gasteiger partial charge < -0.3 is 14.1 Å². The van der Waals surface area contributed by atoms with E-state index in [9.17, 15) is 9.59 Å². The minimum Gasteiger partial charge on any atom is -0.457 e. The van der Waals surface area contributed by atoms with E-state index in [1.54, 1.807) is 0 Å². The monoisotopic (exact) mass is 407 g/mol. The lowest BCUT2D eigenvalue weighted by atomic mass is 10.1. The van der Waals surface area contributed by atoms with E-state index in [1.807, 2.05) is 41.3 Å². The smallest absolute Gasteiger partial charge is 0.362 e. The van der Waals surface area contributed by atoms with Crippen molar-refractivity contribution < 1.29 is 18.8 Å². The summed E-state index contributed by atoms with van der Waals surface area (Å²) in [6, 6.07) is 15.7. The number of benzene rings is 2. The quantitative estimate of drug-likeness (QED) is 0.541. The van der Waals surface area contributed by atoms with Gasteiger partial charge in [0.1, 0.15) is 6.61 Å². The summed E-state index contributed by atoms with van der Waals surface area (Å²) in [5, 5.41) is 0. The topological polar surface area (TPSA) is 46.6 Å². The van der Waals surface area contributed by atoms with Crippen LogP contribution in [0.2, 0.25) is 0 Å². The van der Waals surface area contributed by atoms with E-state index < -0.39 is 0 Å². The molecule has 0 saturated carbocycles. The Hall–Kier alpha value is -2.66. The van der Waals surface area contributed by atoms with Crippen LogP contribution in [0, 0.1) is 13.8 Å². The van der Waals surface area contributed by atoms with Crippen LogP contribution in [0.1, 0.15) is 36.0 Å². The molecule has 5 nitrogen and oxygen atoms in total. The molecular formula is C25H31N2O3+. The van der Waals surface area contributed by atoms with E-state index in [0.717, 1.165) is 54.7 Å². The van der Waals surface area contributed by atoms with Crippen molar-refractivity contribution in [3.63, 3.8) is 0 Å². The summed E-state index contributed by atoms with van der Waals surface area (Å²) in [6.45, 7) is 7.15. The molecule has 5 heteroatoms. The number of nitrogens with zero attached hydrogens (tertiary/aromatic N) is 2. The fraction of sp³-hybridized carbons (Fsp3) is 0.440. The number of para-hydroxylation sites is 1. The maximum Gasteiger partial charge on any atom is 0.362 e. The summed E-state index contributed by atoms with van der Waals surface area (Å²) in [5.74, 6) is -0.0516. The molecule has 2 saturated heterocycles. The van der Waals surface area contributed by atoms with Gasteiger partial charge in [-0.1, -0.05) is 48.5 Å². The predicted octanol–water partition coefficient (Wildman–Crippen LogP) is 3.76. The zero-order valence-corrected chi connectivity index (χ0v) is 18.0. The van der Waals surface area contributed by atoms with Crippen molar-refractivity contribution in [1.29, 1.82) is 0 Å². The van der Waals surface area contributed by atoms with Crippen molar-refractivity contribution in [2.75, 3.05) is 31.1 Å². The largest absolute Gasteiger partial charge is 0.457 e. The molecule has 2 heterocycles. The van der Waals surface area contributed by atoms with Crippen LogP contribution in [-0.4, -0.2) is 48.6 Å². The molecule has 2 aliphatic heterocycles. The van der Waals surface area contributed by atoms with Gasteiger partial charge in [-0.3, -0.25) is 4.79 Å². The van der Waals surface area contributed by atoms with Gasteiger partial charge in [-0.25, -0.2) is 4.79 Å². The van der Waals surface area contributed by atoms with Crippen molar-refractivity contribution in [1.82, 2.24) is 0 Å². The van der Waals surface area contributed by atoms with Gasteiger partial charge in [-0.2, -0.15) is 0 Å². The number of ether oxygens (including phenoxy) is 1. The average Bonchev–Trinajstić information content (AvgIpc) is 3.35. The van der Waals surface area contributed by atoms with E-state index in [0.29, 0.717) is 11.0 Å². The standard InChI is InChI=1S/C25H31N2O3/c1-19-9-8-10-20(2)24(19)26-14-13-22(25(26)29)27(15-6-7-16-27)17-23(28)30-18-21-11-4-3-5-12-21/h3-5,8-12,22H,6-7,13-18H2,1-2H3/q+1. The highest BCUT2D eigenvalue weighted by Crippen LogP contribution is 2.35. The molecule has 158 valence electrons.